The molecule has 1 aromatic carbocycles. The van der Waals surface area contributed by atoms with Crippen LogP contribution in [0.3, 0.4) is 0 Å². The van der Waals surface area contributed by atoms with Gasteiger partial charge < -0.3 is 15.5 Å². The van der Waals surface area contributed by atoms with Gasteiger partial charge in [-0.3, -0.25) is 0 Å². The van der Waals surface area contributed by atoms with Crippen molar-refractivity contribution >= 4 is 29.9 Å². The van der Waals surface area contributed by atoms with Gasteiger partial charge in [0.25, 0.3) is 0 Å². The number of hydrogen-bond acceptors (Lipinski definition) is 2. The lowest BCUT2D eigenvalue weighted by Crippen LogP contribution is -2.44. The molecule has 138 valence electrons. The first-order valence-corrected chi connectivity index (χ1v) is 7.84. The van der Waals surface area contributed by atoms with Gasteiger partial charge in [-0.25, -0.2) is 13.8 Å². The molecule has 0 aliphatic heterocycles. The predicted octanol–water partition coefficient (Wildman–Crippen LogP) is 3.23. The monoisotopic (exact) mass is 454 g/mol. The second-order valence-electron chi connectivity index (χ2n) is 6.69. The zero-order valence-corrected chi connectivity index (χ0v) is 17.4. The van der Waals surface area contributed by atoms with E-state index in [-0.39, 0.29) is 41.5 Å². The van der Waals surface area contributed by atoms with Crippen LogP contribution in [-0.2, 0) is 6.54 Å². The maximum absolute atomic E-state index is 13.6. The zero-order valence-electron chi connectivity index (χ0n) is 15.1. The lowest BCUT2D eigenvalue weighted by molar-refractivity contribution is 0.241. The fourth-order valence-corrected chi connectivity index (χ4v) is 2.41. The van der Waals surface area contributed by atoms with Crippen molar-refractivity contribution in [3.63, 3.8) is 0 Å². The molecule has 0 amide bonds. The molecule has 0 aliphatic rings. The molecule has 0 aromatic heterocycles. The highest BCUT2D eigenvalue weighted by molar-refractivity contribution is 14.0. The van der Waals surface area contributed by atoms with Crippen LogP contribution in [0.25, 0.3) is 0 Å². The summed E-state index contributed by atoms with van der Waals surface area (Å²) in [4.78, 5) is 6.47. The van der Waals surface area contributed by atoms with Gasteiger partial charge in [-0.05, 0) is 44.6 Å². The molecular weight excluding hydrogens is 425 g/mol. The summed E-state index contributed by atoms with van der Waals surface area (Å²) in [6.45, 7) is 8.73. The number of rotatable bonds is 7. The van der Waals surface area contributed by atoms with E-state index in [0.717, 1.165) is 25.2 Å². The Morgan fingerprint density at radius 3 is 2.46 bits per heavy atom. The van der Waals surface area contributed by atoms with Crippen LogP contribution in [0.4, 0.5) is 8.78 Å². The Balaban J connectivity index is 0.00000529. The largest absolute Gasteiger partial charge is 0.357 e. The molecule has 4 nitrogen and oxygen atoms in total. The van der Waals surface area contributed by atoms with E-state index in [2.05, 4.69) is 34.4 Å². The topological polar surface area (TPSA) is 39.7 Å². The van der Waals surface area contributed by atoms with E-state index >= 15 is 0 Å². The van der Waals surface area contributed by atoms with E-state index in [0.29, 0.717) is 12.5 Å². The van der Waals surface area contributed by atoms with Crippen molar-refractivity contribution in [1.82, 2.24) is 15.5 Å². The van der Waals surface area contributed by atoms with Crippen LogP contribution in [0.2, 0.25) is 0 Å². The summed E-state index contributed by atoms with van der Waals surface area (Å²) >= 11 is 0. The normalized spacial score (nSPS) is 12.1. The van der Waals surface area contributed by atoms with Crippen LogP contribution in [-0.4, -0.2) is 44.6 Å². The zero-order chi connectivity index (χ0) is 17.5. The lowest BCUT2D eigenvalue weighted by atomic mass is 9.93. The molecule has 0 saturated heterocycles. The van der Waals surface area contributed by atoms with Gasteiger partial charge in [0.15, 0.2) is 5.96 Å². The SMILES string of the molecule is CCNC(=NCc1cc(F)ccc1F)NCC(C)(C)CN(C)C.I. The Morgan fingerprint density at radius 1 is 1.21 bits per heavy atom. The van der Waals surface area contributed by atoms with Crippen molar-refractivity contribution < 1.29 is 8.78 Å². The minimum atomic E-state index is -0.457. The summed E-state index contributed by atoms with van der Waals surface area (Å²) in [5.74, 6) is -0.302. The maximum atomic E-state index is 13.6. The van der Waals surface area contributed by atoms with Crippen LogP contribution in [0.5, 0.6) is 0 Å². The third-order valence-corrected chi connectivity index (χ3v) is 3.24. The molecule has 7 heteroatoms. The Hall–Kier alpha value is -0.960. The Bertz CT molecular complexity index is 533. The summed E-state index contributed by atoms with van der Waals surface area (Å²) in [5.41, 5.74) is 0.304. The van der Waals surface area contributed by atoms with Gasteiger partial charge in [0.2, 0.25) is 0 Å². The summed E-state index contributed by atoms with van der Waals surface area (Å²) < 4.78 is 26.8. The minimum absolute atomic E-state index is 0. The first kappa shape index (κ1) is 23.0. The van der Waals surface area contributed by atoms with Gasteiger partial charge in [0.05, 0.1) is 6.54 Å². The molecule has 0 fully saturated rings. The van der Waals surface area contributed by atoms with Crippen LogP contribution in [0.15, 0.2) is 23.2 Å². The molecule has 1 aromatic rings. The summed E-state index contributed by atoms with van der Waals surface area (Å²) in [7, 11) is 4.07. The fraction of sp³-hybridized carbons (Fsp3) is 0.588. The fourth-order valence-electron chi connectivity index (χ4n) is 2.41. The average molecular weight is 454 g/mol. The smallest absolute Gasteiger partial charge is 0.191 e. The van der Waals surface area contributed by atoms with Gasteiger partial charge >= 0.3 is 0 Å². The molecule has 0 heterocycles. The van der Waals surface area contributed by atoms with E-state index < -0.39 is 11.6 Å². The van der Waals surface area contributed by atoms with Crippen molar-refractivity contribution in [2.45, 2.75) is 27.3 Å². The molecule has 0 aliphatic carbocycles. The number of benzene rings is 1. The molecule has 2 N–H and O–H groups in total. The molecule has 1 rings (SSSR count). The number of nitrogens with zero attached hydrogens (tertiary/aromatic N) is 2. The van der Waals surface area contributed by atoms with Crippen molar-refractivity contribution in [3.8, 4) is 0 Å². The van der Waals surface area contributed by atoms with Crippen LogP contribution >= 0.6 is 24.0 Å². The van der Waals surface area contributed by atoms with E-state index in [1.54, 1.807) is 0 Å². The van der Waals surface area contributed by atoms with Crippen molar-refractivity contribution in [3.05, 3.63) is 35.4 Å². The molecule has 24 heavy (non-hydrogen) atoms. The van der Waals surface area contributed by atoms with Gasteiger partial charge in [0, 0.05) is 25.2 Å². The van der Waals surface area contributed by atoms with Gasteiger partial charge in [-0.2, -0.15) is 0 Å². The summed E-state index contributed by atoms with van der Waals surface area (Å²) in [5, 5.41) is 6.39. The van der Waals surface area contributed by atoms with Crippen LogP contribution < -0.4 is 10.6 Å². The van der Waals surface area contributed by atoms with Gasteiger partial charge in [0.1, 0.15) is 11.6 Å². The molecular formula is C17H29F2IN4. The van der Waals surface area contributed by atoms with E-state index in [4.69, 9.17) is 0 Å². The molecule has 0 spiro atoms. The number of halogens is 3. The van der Waals surface area contributed by atoms with Crippen LogP contribution in [0, 0.1) is 17.0 Å². The standard InChI is InChI=1S/C17H28F2N4.HI/c1-6-20-16(22-11-17(2,3)12-23(4)5)21-10-13-9-14(18)7-8-15(13)19;/h7-9H,6,10-12H2,1-5H3,(H2,20,21,22);1H. The van der Waals surface area contributed by atoms with E-state index in [1.165, 1.54) is 6.07 Å². The van der Waals surface area contributed by atoms with Crippen molar-refractivity contribution in [1.29, 1.82) is 0 Å². The van der Waals surface area contributed by atoms with E-state index in [9.17, 15) is 8.78 Å². The number of guanidine groups is 1. The molecule has 0 bridgehead atoms. The Labute approximate surface area is 161 Å². The van der Waals surface area contributed by atoms with Crippen molar-refractivity contribution in [2.75, 3.05) is 33.7 Å². The van der Waals surface area contributed by atoms with Gasteiger partial charge in [-0.1, -0.05) is 13.8 Å². The second-order valence-corrected chi connectivity index (χ2v) is 6.69. The summed E-state index contributed by atoms with van der Waals surface area (Å²) in [6, 6.07) is 3.41. The number of nitrogens with one attached hydrogen (secondary N) is 2. The van der Waals surface area contributed by atoms with E-state index in [1.807, 2.05) is 21.0 Å². The maximum Gasteiger partial charge on any atom is 0.191 e. The van der Waals surface area contributed by atoms with Crippen LogP contribution in [0.1, 0.15) is 26.3 Å². The third kappa shape index (κ3) is 8.77. The summed E-state index contributed by atoms with van der Waals surface area (Å²) in [6.07, 6.45) is 0. The highest BCUT2D eigenvalue weighted by Gasteiger charge is 2.19. The molecule has 0 atom stereocenters. The lowest BCUT2D eigenvalue weighted by Gasteiger charge is -2.29. The predicted molar refractivity (Wildman–Crippen MR) is 107 cm³/mol. The van der Waals surface area contributed by atoms with Crippen molar-refractivity contribution in [2.24, 2.45) is 10.4 Å². The Kier molecular flexibility index (Phi) is 10.4. The molecule has 0 radical (unpaired) electrons. The number of hydrogen-bond donors (Lipinski definition) is 2. The molecule has 0 unspecified atom stereocenters. The highest BCUT2D eigenvalue weighted by Crippen LogP contribution is 2.14. The Morgan fingerprint density at radius 2 is 1.88 bits per heavy atom. The molecule has 0 saturated carbocycles. The van der Waals surface area contributed by atoms with Gasteiger partial charge in [-0.15, -0.1) is 24.0 Å². The first-order valence-electron chi connectivity index (χ1n) is 7.84. The quantitative estimate of drug-likeness (QED) is 0.378. The average Bonchev–Trinajstić information content (AvgIpc) is 2.44. The second kappa shape index (κ2) is 10.8. The number of aliphatic imine (C=N–C) groups is 1. The third-order valence-electron chi connectivity index (χ3n) is 3.24. The highest BCUT2D eigenvalue weighted by atomic mass is 127. The first-order chi connectivity index (χ1) is 10.7. The minimum Gasteiger partial charge on any atom is -0.357 e.